The van der Waals surface area contributed by atoms with Crippen LogP contribution in [0.2, 0.25) is 0 Å². The SMILES string of the molecule is CC[C@@H](NC(=O)c1cc([N+](=O)[O-])cc([N+](=O)[O-])c1)C(=O)OC. The van der Waals surface area contributed by atoms with Gasteiger partial charge in [-0.1, -0.05) is 6.92 Å². The lowest BCUT2D eigenvalue weighted by molar-refractivity contribution is -0.394. The molecule has 0 aliphatic carbocycles. The van der Waals surface area contributed by atoms with E-state index in [4.69, 9.17) is 0 Å². The Morgan fingerprint density at radius 3 is 2.05 bits per heavy atom. The molecule has 0 bridgehead atoms. The summed E-state index contributed by atoms with van der Waals surface area (Å²) >= 11 is 0. The van der Waals surface area contributed by atoms with Crippen LogP contribution in [-0.2, 0) is 9.53 Å². The molecule has 0 aliphatic heterocycles. The topological polar surface area (TPSA) is 142 Å². The summed E-state index contributed by atoms with van der Waals surface area (Å²) in [6.45, 7) is 1.62. The second-order valence-electron chi connectivity index (χ2n) is 4.21. The quantitative estimate of drug-likeness (QED) is 0.472. The van der Waals surface area contributed by atoms with Crippen LogP contribution < -0.4 is 5.32 Å². The van der Waals surface area contributed by atoms with Crippen LogP contribution in [-0.4, -0.2) is 34.9 Å². The third-order valence-electron chi connectivity index (χ3n) is 2.79. The Balaban J connectivity index is 3.14. The molecule has 0 aromatic heterocycles. The van der Waals surface area contributed by atoms with E-state index in [1.54, 1.807) is 6.92 Å². The summed E-state index contributed by atoms with van der Waals surface area (Å²) in [7, 11) is 1.15. The van der Waals surface area contributed by atoms with Crippen molar-refractivity contribution in [1.82, 2.24) is 5.32 Å². The van der Waals surface area contributed by atoms with Gasteiger partial charge in [0.25, 0.3) is 17.3 Å². The van der Waals surface area contributed by atoms with Gasteiger partial charge < -0.3 is 10.1 Å². The monoisotopic (exact) mass is 311 g/mol. The summed E-state index contributed by atoms with van der Waals surface area (Å²) < 4.78 is 4.49. The van der Waals surface area contributed by atoms with Gasteiger partial charge in [0.1, 0.15) is 6.04 Å². The van der Waals surface area contributed by atoms with E-state index in [0.717, 1.165) is 25.3 Å². The summed E-state index contributed by atoms with van der Waals surface area (Å²) in [5, 5.41) is 23.8. The predicted octanol–water partition coefficient (Wildman–Crippen LogP) is 1.18. The largest absolute Gasteiger partial charge is 0.467 e. The van der Waals surface area contributed by atoms with Gasteiger partial charge in [0, 0.05) is 12.1 Å². The van der Waals surface area contributed by atoms with Crippen molar-refractivity contribution in [3.8, 4) is 0 Å². The fourth-order valence-corrected chi connectivity index (χ4v) is 1.65. The fourth-order valence-electron chi connectivity index (χ4n) is 1.65. The molecule has 1 aromatic carbocycles. The lowest BCUT2D eigenvalue weighted by atomic mass is 10.1. The van der Waals surface area contributed by atoms with Gasteiger partial charge in [-0.15, -0.1) is 0 Å². The maximum Gasteiger partial charge on any atom is 0.328 e. The third-order valence-corrected chi connectivity index (χ3v) is 2.79. The molecule has 0 saturated heterocycles. The average Bonchev–Trinajstić information content (AvgIpc) is 2.50. The van der Waals surface area contributed by atoms with Gasteiger partial charge in [-0.25, -0.2) is 4.79 Å². The molecule has 1 rings (SSSR count). The van der Waals surface area contributed by atoms with Crippen molar-refractivity contribution in [2.45, 2.75) is 19.4 Å². The fraction of sp³-hybridized carbons (Fsp3) is 0.333. The van der Waals surface area contributed by atoms with Crippen molar-refractivity contribution in [3.63, 3.8) is 0 Å². The normalized spacial score (nSPS) is 11.4. The lowest BCUT2D eigenvalue weighted by Gasteiger charge is -2.14. The first-order valence-electron chi connectivity index (χ1n) is 6.12. The van der Waals surface area contributed by atoms with Gasteiger partial charge in [-0.05, 0) is 6.42 Å². The van der Waals surface area contributed by atoms with Gasteiger partial charge in [0.15, 0.2) is 0 Å². The molecule has 1 aromatic rings. The second-order valence-corrected chi connectivity index (χ2v) is 4.21. The lowest BCUT2D eigenvalue weighted by Crippen LogP contribution is -2.41. The molecule has 1 amide bonds. The number of non-ortho nitro benzene ring substituents is 2. The zero-order valence-corrected chi connectivity index (χ0v) is 11.8. The van der Waals surface area contributed by atoms with Gasteiger partial charge >= 0.3 is 5.97 Å². The molecule has 118 valence electrons. The number of benzene rings is 1. The summed E-state index contributed by atoms with van der Waals surface area (Å²) in [6.07, 6.45) is 0.232. The van der Waals surface area contributed by atoms with Crippen molar-refractivity contribution in [2.24, 2.45) is 0 Å². The van der Waals surface area contributed by atoms with Gasteiger partial charge in [0.05, 0.1) is 28.6 Å². The van der Waals surface area contributed by atoms with Gasteiger partial charge in [-0.2, -0.15) is 0 Å². The van der Waals surface area contributed by atoms with E-state index in [-0.39, 0.29) is 12.0 Å². The molecule has 0 fully saturated rings. The minimum Gasteiger partial charge on any atom is -0.467 e. The van der Waals surface area contributed by atoms with Crippen LogP contribution in [0.15, 0.2) is 18.2 Å². The number of amides is 1. The summed E-state index contributed by atoms with van der Waals surface area (Å²) in [5.74, 6) is -1.53. The van der Waals surface area contributed by atoms with Crippen molar-refractivity contribution < 1.29 is 24.2 Å². The first kappa shape index (κ1) is 17.0. The summed E-state index contributed by atoms with van der Waals surface area (Å²) in [4.78, 5) is 43.3. The molecule has 10 heteroatoms. The number of nitrogens with zero attached hydrogens (tertiary/aromatic N) is 2. The van der Waals surface area contributed by atoms with Gasteiger partial charge in [-0.3, -0.25) is 25.0 Å². The number of hydrogen-bond acceptors (Lipinski definition) is 7. The minimum absolute atomic E-state index is 0.232. The molecule has 22 heavy (non-hydrogen) atoms. The molecule has 0 radical (unpaired) electrons. The number of carbonyl (C=O) groups excluding carboxylic acids is 2. The van der Waals surface area contributed by atoms with E-state index < -0.39 is 39.1 Å². The molecular formula is C12H13N3O7. The summed E-state index contributed by atoms with van der Waals surface area (Å²) in [5.41, 5.74) is -1.47. The Morgan fingerprint density at radius 2 is 1.68 bits per heavy atom. The Labute approximate surface area is 124 Å². The highest BCUT2D eigenvalue weighted by atomic mass is 16.6. The third kappa shape index (κ3) is 3.98. The van der Waals surface area contributed by atoms with Crippen molar-refractivity contribution in [2.75, 3.05) is 7.11 Å². The van der Waals surface area contributed by atoms with E-state index in [0.29, 0.717) is 0 Å². The van der Waals surface area contributed by atoms with Crippen molar-refractivity contribution in [1.29, 1.82) is 0 Å². The first-order valence-corrected chi connectivity index (χ1v) is 6.12. The van der Waals surface area contributed by atoms with E-state index in [9.17, 15) is 29.8 Å². The van der Waals surface area contributed by atoms with E-state index >= 15 is 0 Å². The van der Waals surface area contributed by atoms with E-state index in [2.05, 4.69) is 10.1 Å². The number of methoxy groups -OCH3 is 1. The van der Waals surface area contributed by atoms with Crippen LogP contribution >= 0.6 is 0 Å². The van der Waals surface area contributed by atoms with Crippen LogP contribution in [0, 0.1) is 20.2 Å². The number of nitro benzene ring substituents is 2. The highest BCUT2D eigenvalue weighted by Gasteiger charge is 2.24. The molecule has 1 atom stereocenters. The van der Waals surface area contributed by atoms with E-state index in [1.807, 2.05) is 0 Å². The molecule has 0 heterocycles. The predicted molar refractivity (Wildman–Crippen MR) is 73.3 cm³/mol. The highest BCUT2D eigenvalue weighted by Crippen LogP contribution is 2.22. The number of carbonyl (C=O) groups is 2. The van der Waals surface area contributed by atoms with E-state index in [1.165, 1.54) is 0 Å². The molecule has 0 spiro atoms. The van der Waals surface area contributed by atoms with Crippen molar-refractivity contribution >= 4 is 23.3 Å². The molecule has 10 nitrogen and oxygen atoms in total. The van der Waals surface area contributed by atoms with Gasteiger partial charge in [0.2, 0.25) is 0 Å². The zero-order chi connectivity index (χ0) is 16.9. The zero-order valence-electron chi connectivity index (χ0n) is 11.8. The van der Waals surface area contributed by atoms with Crippen LogP contribution in [0.5, 0.6) is 0 Å². The van der Waals surface area contributed by atoms with Crippen LogP contribution in [0.4, 0.5) is 11.4 Å². The minimum atomic E-state index is -0.948. The molecular weight excluding hydrogens is 298 g/mol. The Kier molecular flexibility index (Phi) is 5.50. The average molecular weight is 311 g/mol. The Hall–Kier alpha value is -3.04. The second kappa shape index (κ2) is 7.11. The number of hydrogen-bond donors (Lipinski definition) is 1. The number of nitro groups is 2. The molecule has 1 N–H and O–H groups in total. The maximum absolute atomic E-state index is 12.0. The number of ether oxygens (including phenoxy) is 1. The first-order chi connectivity index (χ1) is 10.3. The highest BCUT2D eigenvalue weighted by molar-refractivity contribution is 5.97. The Bertz CT molecular complexity index is 597. The number of rotatable bonds is 6. The molecule has 0 aliphatic rings. The maximum atomic E-state index is 12.0. The van der Waals surface area contributed by atoms with Crippen LogP contribution in [0.3, 0.4) is 0 Å². The number of nitrogens with one attached hydrogen (secondary N) is 1. The number of esters is 1. The van der Waals surface area contributed by atoms with Crippen molar-refractivity contribution in [3.05, 3.63) is 44.0 Å². The Morgan fingerprint density at radius 1 is 1.18 bits per heavy atom. The van der Waals surface area contributed by atoms with Crippen LogP contribution in [0.1, 0.15) is 23.7 Å². The molecule has 0 saturated carbocycles. The standard InChI is InChI=1S/C12H13N3O7/c1-3-10(12(17)22-2)13-11(16)7-4-8(14(18)19)6-9(5-7)15(20)21/h4-6,10H,3H2,1-2H3,(H,13,16)/t10-/m1/s1. The summed E-state index contributed by atoms with van der Waals surface area (Å²) in [6, 6.07) is 1.59. The smallest absolute Gasteiger partial charge is 0.328 e. The molecule has 0 unspecified atom stereocenters. The van der Waals surface area contributed by atoms with Crippen LogP contribution in [0.25, 0.3) is 0 Å².